The lowest BCUT2D eigenvalue weighted by atomic mass is 9.89. The number of carbonyl (C=O) groups is 1. The minimum absolute atomic E-state index is 0.248. The highest BCUT2D eigenvalue weighted by Gasteiger charge is 2.35. The second kappa shape index (κ2) is 4.02. The van der Waals surface area contributed by atoms with Gasteiger partial charge in [0.05, 0.1) is 0 Å². The molecule has 0 spiro atoms. The summed E-state index contributed by atoms with van der Waals surface area (Å²) >= 11 is 0. The van der Waals surface area contributed by atoms with E-state index in [2.05, 4.69) is 17.0 Å². The number of hydrogen-bond donors (Lipinski definition) is 0. The zero-order valence-corrected chi connectivity index (χ0v) is 10.1. The van der Waals surface area contributed by atoms with Crippen molar-refractivity contribution in [1.29, 1.82) is 0 Å². The van der Waals surface area contributed by atoms with Crippen LogP contribution in [0.1, 0.15) is 31.7 Å². The maximum atomic E-state index is 12.3. The second-order valence-corrected chi connectivity index (χ2v) is 4.97. The average molecular weight is 227 g/mol. The number of carbonyl (C=O) groups excluding carboxylic acids is 1. The van der Waals surface area contributed by atoms with Crippen LogP contribution in [0.3, 0.4) is 0 Å². The summed E-state index contributed by atoms with van der Waals surface area (Å²) in [5.41, 5.74) is 3.40. The molecule has 1 saturated heterocycles. The summed E-state index contributed by atoms with van der Waals surface area (Å²) in [5, 5.41) is 0. The third-order valence-corrected chi connectivity index (χ3v) is 3.97. The highest BCUT2D eigenvalue weighted by atomic mass is 16.2. The smallest absolute Gasteiger partial charge is 0.250 e. The molecule has 88 valence electrons. The molecule has 1 aromatic carbocycles. The lowest BCUT2D eigenvalue weighted by Gasteiger charge is -2.32. The van der Waals surface area contributed by atoms with Crippen LogP contribution >= 0.6 is 0 Å². The Balaban J connectivity index is 2.02. The van der Waals surface area contributed by atoms with Gasteiger partial charge in [-0.1, -0.05) is 30.3 Å². The molecular weight excluding hydrogens is 210 g/mol. The number of fused-ring (bicyclic) bond motifs is 1. The molecule has 0 radical (unpaired) electrons. The molecule has 0 N–H and O–H groups in total. The van der Waals surface area contributed by atoms with E-state index in [1.54, 1.807) is 0 Å². The van der Waals surface area contributed by atoms with Gasteiger partial charge in [-0.15, -0.1) is 0 Å². The highest BCUT2D eigenvalue weighted by Crippen LogP contribution is 2.36. The molecule has 1 unspecified atom stereocenters. The first-order chi connectivity index (χ1) is 8.27. The Kier molecular flexibility index (Phi) is 2.50. The lowest BCUT2D eigenvalue weighted by Crippen LogP contribution is -2.39. The van der Waals surface area contributed by atoms with Gasteiger partial charge in [0.2, 0.25) is 5.91 Å². The van der Waals surface area contributed by atoms with Crippen LogP contribution in [-0.4, -0.2) is 23.4 Å². The Morgan fingerprint density at radius 3 is 2.76 bits per heavy atom. The largest absolute Gasteiger partial charge is 0.336 e. The Bertz CT molecular complexity index is 475. The molecule has 3 rings (SSSR count). The molecule has 2 aliphatic heterocycles. The van der Waals surface area contributed by atoms with Crippen molar-refractivity contribution in [1.82, 2.24) is 4.90 Å². The lowest BCUT2D eigenvalue weighted by molar-refractivity contribution is -0.128. The molecular formula is C15H17NO. The molecule has 1 atom stereocenters. The maximum absolute atomic E-state index is 12.3. The molecule has 0 saturated carbocycles. The van der Waals surface area contributed by atoms with Gasteiger partial charge in [0, 0.05) is 18.2 Å². The summed E-state index contributed by atoms with van der Waals surface area (Å²) < 4.78 is 0. The van der Waals surface area contributed by atoms with Crippen LogP contribution in [0, 0.1) is 0 Å². The first-order valence-electron chi connectivity index (χ1n) is 6.33. The first-order valence-corrected chi connectivity index (χ1v) is 6.33. The Labute approximate surface area is 102 Å². The minimum atomic E-state index is 0.248. The van der Waals surface area contributed by atoms with Gasteiger partial charge < -0.3 is 4.90 Å². The van der Waals surface area contributed by atoms with Crippen molar-refractivity contribution in [3.05, 3.63) is 41.5 Å². The Morgan fingerprint density at radius 1 is 1.24 bits per heavy atom. The standard InChI is InChI=1S/C15H17NO/c1-11-14(12-6-3-2-4-7-12)10-13-8-5-9-16(13)15(11)17/h2-4,6-7,13H,5,8-10H2,1H3. The van der Waals surface area contributed by atoms with Gasteiger partial charge in [0.1, 0.15) is 0 Å². The van der Waals surface area contributed by atoms with Gasteiger partial charge in [0.15, 0.2) is 0 Å². The maximum Gasteiger partial charge on any atom is 0.250 e. The predicted octanol–water partition coefficient (Wildman–Crippen LogP) is 2.85. The minimum Gasteiger partial charge on any atom is -0.336 e. The van der Waals surface area contributed by atoms with Crippen molar-refractivity contribution in [2.75, 3.05) is 6.54 Å². The molecule has 2 nitrogen and oxygen atoms in total. The van der Waals surface area contributed by atoms with Crippen LogP contribution in [0.15, 0.2) is 35.9 Å². The molecule has 2 heteroatoms. The molecule has 0 bridgehead atoms. The summed E-state index contributed by atoms with van der Waals surface area (Å²) in [6, 6.07) is 10.8. The molecule has 2 heterocycles. The normalized spacial score (nSPS) is 24.2. The molecule has 0 aliphatic carbocycles. The fourth-order valence-corrected chi connectivity index (χ4v) is 3.02. The van der Waals surface area contributed by atoms with E-state index < -0.39 is 0 Å². The predicted molar refractivity (Wildman–Crippen MR) is 68.4 cm³/mol. The van der Waals surface area contributed by atoms with Crippen LogP contribution in [-0.2, 0) is 4.79 Å². The SMILES string of the molecule is CC1=C(c2ccccc2)CC2CCCN2C1=O. The van der Waals surface area contributed by atoms with E-state index >= 15 is 0 Å². The van der Waals surface area contributed by atoms with Crippen molar-refractivity contribution in [3.63, 3.8) is 0 Å². The number of benzene rings is 1. The van der Waals surface area contributed by atoms with Crippen molar-refractivity contribution >= 4 is 11.5 Å². The van der Waals surface area contributed by atoms with E-state index in [4.69, 9.17) is 0 Å². The van der Waals surface area contributed by atoms with Gasteiger partial charge in [-0.3, -0.25) is 4.79 Å². The van der Waals surface area contributed by atoms with Gasteiger partial charge >= 0.3 is 0 Å². The Morgan fingerprint density at radius 2 is 2.00 bits per heavy atom. The molecule has 0 aromatic heterocycles. The highest BCUT2D eigenvalue weighted by molar-refractivity contribution is 6.02. The molecule has 1 aromatic rings. The zero-order chi connectivity index (χ0) is 11.8. The van der Waals surface area contributed by atoms with Crippen LogP contribution in [0.2, 0.25) is 0 Å². The van der Waals surface area contributed by atoms with Crippen LogP contribution in [0.5, 0.6) is 0 Å². The fraction of sp³-hybridized carbons (Fsp3) is 0.400. The van der Waals surface area contributed by atoms with Gasteiger partial charge in [-0.05, 0) is 37.3 Å². The summed E-state index contributed by atoms with van der Waals surface area (Å²) in [4.78, 5) is 14.3. The van der Waals surface area contributed by atoms with Crippen molar-refractivity contribution in [2.45, 2.75) is 32.2 Å². The first kappa shape index (κ1) is 10.6. The zero-order valence-electron chi connectivity index (χ0n) is 10.1. The summed E-state index contributed by atoms with van der Waals surface area (Å²) in [6.07, 6.45) is 3.35. The Hall–Kier alpha value is -1.57. The summed E-state index contributed by atoms with van der Waals surface area (Å²) in [6.45, 7) is 2.92. The molecule has 17 heavy (non-hydrogen) atoms. The van der Waals surface area contributed by atoms with Crippen LogP contribution < -0.4 is 0 Å². The summed E-state index contributed by atoms with van der Waals surface area (Å²) in [5.74, 6) is 0.248. The monoisotopic (exact) mass is 227 g/mol. The quantitative estimate of drug-likeness (QED) is 0.722. The van der Waals surface area contributed by atoms with Crippen molar-refractivity contribution in [2.24, 2.45) is 0 Å². The average Bonchev–Trinajstić information content (AvgIpc) is 2.83. The van der Waals surface area contributed by atoms with Crippen LogP contribution in [0.4, 0.5) is 0 Å². The van der Waals surface area contributed by atoms with Gasteiger partial charge in [0.25, 0.3) is 0 Å². The number of amides is 1. The van der Waals surface area contributed by atoms with E-state index in [-0.39, 0.29) is 5.91 Å². The van der Waals surface area contributed by atoms with E-state index in [0.717, 1.165) is 31.4 Å². The van der Waals surface area contributed by atoms with Crippen molar-refractivity contribution < 1.29 is 4.79 Å². The third kappa shape index (κ3) is 1.68. The fourth-order valence-electron chi connectivity index (χ4n) is 3.02. The number of hydrogen-bond acceptors (Lipinski definition) is 1. The molecule has 2 aliphatic rings. The van der Waals surface area contributed by atoms with E-state index in [0.29, 0.717) is 6.04 Å². The van der Waals surface area contributed by atoms with E-state index in [9.17, 15) is 4.79 Å². The third-order valence-electron chi connectivity index (χ3n) is 3.97. The second-order valence-electron chi connectivity index (χ2n) is 4.97. The number of nitrogens with zero attached hydrogens (tertiary/aromatic N) is 1. The van der Waals surface area contributed by atoms with E-state index in [1.807, 2.05) is 25.1 Å². The number of rotatable bonds is 1. The van der Waals surface area contributed by atoms with E-state index in [1.165, 1.54) is 11.1 Å². The topological polar surface area (TPSA) is 20.3 Å². The van der Waals surface area contributed by atoms with Gasteiger partial charge in [-0.2, -0.15) is 0 Å². The van der Waals surface area contributed by atoms with Gasteiger partial charge in [-0.25, -0.2) is 0 Å². The summed E-state index contributed by atoms with van der Waals surface area (Å²) in [7, 11) is 0. The molecule has 1 fully saturated rings. The van der Waals surface area contributed by atoms with Crippen LogP contribution in [0.25, 0.3) is 5.57 Å². The van der Waals surface area contributed by atoms with Crippen molar-refractivity contribution in [3.8, 4) is 0 Å². The molecule has 1 amide bonds.